The molecule has 0 aliphatic heterocycles. The van der Waals surface area contributed by atoms with E-state index in [9.17, 15) is 18.0 Å². The second-order valence-electron chi connectivity index (χ2n) is 3.51. The Morgan fingerprint density at radius 1 is 1.47 bits per heavy atom. The second-order valence-corrected chi connectivity index (χ2v) is 3.92. The predicted octanol–water partition coefficient (Wildman–Crippen LogP) is 2.58. The molecule has 0 aliphatic rings. The van der Waals surface area contributed by atoms with E-state index >= 15 is 0 Å². The number of halogens is 4. The van der Waals surface area contributed by atoms with Crippen LogP contribution in [0.4, 0.5) is 13.2 Å². The van der Waals surface area contributed by atoms with Gasteiger partial charge < -0.3 is 4.74 Å². The number of aromatic nitrogens is 3. The quantitative estimate of drug-likeness (QED) is 0.799. The Kier molecular flexibility index (Phi) is 3.36. The van der Waals surface area contributed by atoms with Gasteiger partial charge in [0.2, 0.25) is 5.82 Å². The molecule has 9 heteroatoms. The van der Waals surface area contributed by atoms with E-state index in [0.29, 0.717) is 6.20 Å². The number of pyridine rings is 1. The molecule has 2 rings (SSSR count). The van der Waals surface area contributed by atoms with E-state index in [1.807, 2.05) is 0 Å². The summed E-state index contributed by atoms with van der Waals surface area (Å²) in [5, 5.41) is 6.79. The minimum atomic E-state index is -4.59. The summed E-state index contributed by atoms with van der Waals surface area (Å²) in [7, 11) is 0. The van der Waals surface area contributed by atoms with Gasteiger partial charge in [0, 0.05) is 6.20 Å². The Morgan fingerprint density at radius 2 is 2.16 bits per heavy atom. The summed E-state index contributed by atoms with van der Waals surface area (Å²) in [6.45, 7) is 1.63. The summed E-state index contributed by atoms with van der Waals surface area (Å²) >= 11 is 5.69. The van der Waals surface area contributed by atoms with E-state index in [2.05, 4.69) is 14.9 Å². The summed E-state index contributed by atoms with van der Waals surface area (Å²) in [6.07, 6.45) is -3.89. The molecule has 102 valence electrons. The first-order chi connectivity index (χ1) is 8.84. The second kappa shape index (κ2) is 4.69. The van der Waals surface area contributed by atoms with Crippen molar-refractivity contribution >= 4 is 23.2 Å². The molecule has 0 unspecified atom stereocenters. The zero-order chi connectivity index (χ0) is 14.2. The Labute approximate surface area is 109 Å². The monoisotopic (exact) mass is 293 g/mol. The lowest BCUT2D eigenvalue weighted by Crippen LogP contribution is -2.12. The van der Waals surface area contributed by atoms with Gasteiger partial charge in [-0.05, 0) is 13.0 Å². The number of hydrogen-bond acceptors (Lipinski definition) is 4. The Balaban J connectivity index is 2.63. The number of hydrogen-bond donors (Lipinski definition) is 0. The molecular weight excluding hydrogens is 287 g/mol. The molecule has 0 atom stereocenters. The standard InChI is InChI=1S/C10H7ClF3N3O2/c1-2-19-9(18)8-16-15-7-6(11)3-5(4-17(7)8)10(12,13)14/h3-4H,2H2,1H3. The zero-order valence-electron chi connectivity index (χ0n) is 9.53. The molecule has 0 aromatic carbocycles. The summed E-state index contributed by atoms with van der Waals surface area (Å²) in [4.78, 5) is 11.5. The van der Waals surface area contributed by atoms with Crippen molar-refractivity contribution in [1.29, 1.82) is 0 Å². The average molecular weight is 294 g/mol. The summed E-state index contributed by atoms with van der Waals surface area (Å²) in [5.41, 5.74) is -1.05. The van der Waals surface area contributed by atoms with Gasteiger partial charge in [0.15, 0.2) is 5.65 Å². The van der Waals surface area contributed by atoms with Crippen LogP contribution in [0.3, 0.4) is 0 Å². The van der Waals surface area contributed by atoms with Crippen molar-refractivity contribution in [3.05, 3.63) is 28.7 Å². The molecule has 0 fully saturated rings. The van der Waals surface area contributed by atoms with E-state index < -0.39 is 17.7 Å². The van der Waals surface area contributed by atoms with Gasteiger partial charge in [-0.25, -0.2) is 4.79 Å². The maximum atomic E-state index is 12.7. The van der Waals surface area contributed by atoms with Gasteiger partial charge in [-0.15, -0.1) is 10.2 Å². The summed E-state index contributed by atoms with van der Waals surface area (Å²) in [6, 6.07) is 0.723. The molecule has 0 saturated heterocycles. The van der Waals surface area contributed by atoms with Gasteiger partial charge in [0.1, 0.15) is 0 Å². The van der Waals surface area contributed by atoms with Gasteiger partial charge >= 0.3 is 12.1 Å². The molecule has 5 nitrogen and oxygen atoms in total. The highest BCUT2D eigenvalue weighted by Gasteiger charge is 2.32. The Bertz CT molecular complexity index is 639. The molecule has 0 radical (unpaired) electrons. The number of rotatable bonds is 2. The molecule has 19 heavy (non-hydrogen) atoms. The van der Waals surface area contributed by atoms with Crippen LogP contribution in [0.5, 0.6) is 0 Å². The van der Waals surface area contributed by atoms with Crippen LogP contribution >= 0.6 is 11.6 Å². The first-order valence-electron chi connectivity index (χ1n) is 5.13. The SMILES string of the molecule is CCOC(=O)c1nnc2c(Cl)cc(C(F)(F)F)cn12. The van der Waals surface area contributed by atoms with Crippen LogP contribution in [0.1, 0.15) is 23.1 Å². The van der Waals surface area contributed by atoms with Crippen LogP contribution in [-0.2, 0) is 10.9 Å². The topological polar surface area (TPSA) is 56.5 Å². The van der Waals surface area contributed by atoms with E-state index in [4.69, 9.17) is 11.6 Å². The molecule has 2 aromatic rings. The normalized spacial score (nSPS) is 11.8. The maximum absolute atomic E-state index is 12.7. The highest BCUT2D eigenvalue weighted by molar-refractivity contribution is 6.33. The van der Waals surface area contributed by atoms with Crippen LogP contribution in [0.15, 0.2) is 12.3 Å². The van der Waals surface area contributed by atoms with Crippen molar-refractivity contribution in [2.24, 2.45) is 0 Å². The van der Waals surface area contributed by atoms with Crippen molar-refractivity contribution in [2.45, 2.75) is 13.1 Å². The van der Waals surface area contributed by atoms with Gasteiger partial charge in [0.25, 0.3) is 0 Å². The lowest BCUT2D eigenvalue weighted by molar-refractivity contribution is -0.137. The van der Waals surface area contributed by atoms with Crippen molar-refractivity contribution in [2.75, 3.05) is 6.61 Å². The van der Waals surface area contributed by atoms with E-state index in [1.165, 1.54) is 0 Å². The largest absolute Gasteiger partial charge is 0.460 e. The number of carbonyl (C=O) groups is 1. The Morgan fingerprint density at radius 3 is 2.74 bits per heavy atom. The van der Waals surface area contributed by atoms with Crippen molar-refractivity contribution in [3.63, 3.8) is 0 Å². The maximum Gasteiger partial charge on any atom is 0.417 e. The smallest absolute Gasteiger partial charge is 0.417 e. The molecule has 0 amide bonds. The first-order valence-corrected chi connectivity index (χ1v) is 5.51. The van der Waals surface area contributed by atoms with Crippen LogP contribution in [0.2, 0.25) is 5.02 Å². The molecule has 0 N–H and O–H groups in total. The number of fused-ring (bicyclic) bond motifs is 1. The molecule has 0 saturated carbocycles. The molecule has 0 spiro atoms. The summed E-state index contributed by atoms with van der Waals surface area (Å²) in [5.74, 6) is -1.23. The van der Waals surface area contributed by atoms with Crippen LogP contribution in [0, 0.1) is 0 Å². The predicted molar refractivity (Wildman–Crippen MR) is 59.0 cm³/mol. The van der Waals surface area contributed by atoms with Gasteiger partial charge in [0.05, 0.1) is 17.2 Å². The number of alkyl halides is 3. The summed E-state index contributed by atoms with van der Waals surface area (Å²) < 4.78 is 43.5. The fourth-order valence-corrected chi connectivity index (χ4v) is 1.69. The molecule has 2 heterocycles. The molecular formula is C10H7ClF3N3O2. The highest BCUT2D eigenvalue weighted by atomic mass is 35.5. The minimum Gasteiger partial charge on any atom is -0.460 e. The van der Waals surface area contributed by atoms with E-state index in [0.717, 1.165) is 10.5 Å². The fourth-order valence-electron chi connectivity index (χ4n) is 1.44. The number of esters is 1. The molecule has 2 aromatic heterocycles. The number of ether oxygens (including phenoxy) is 1. The van der Waals surface area contributed by atoms with Crippen LogP contribution in [-0.4, -0.2) is 27.2 Å². The zero-order valence-corrected chi connectivity index (χ0v) is 10.3. The van der Waals surface area contributed by atoms with Gasteiger partial charge in [-0.3, -0.25) is 4.40 Å². The molecule has 0 bridgehead atoms. The lowest BCUT2D eigenvalue weighted by Gasteiger charge is -2.08. The lowest BCUT2D eigenvalue weighted by atomic mass is 10.3. The highest BCUT2D eigenvalue weighted by Crippen LogP contribution is 2.32. The van der Waals surface area contributed by atoms with Crippen molar-refractivity contribution in [1.82, 2.24) is 14.6 Å². The van der Waals surface area contributed by atoms with Crippen molar-refractivity contribution in [3.8, 4) is 0 Å². The fraction of sp³-hybridized carbons (Fsp3) is 0.300. The van der Waals surface area contributed by atoms with Crippen molar-refractivity contribution < 1.29 is 22.7 Å². The number of carbonyl (C=O) groups excluding carboxylic acids is 1. The van der Waals surface area contributed by atoms with Gasteiger partial charge in [-0.2, -0.15) is 13.2 Å². The third-order valence-corrected chi connectivity index (χ3v) is 2.52. The molecule has 0 aliphatic carbocycles. The van der Waals surface area contributed by atoms with Crippen LogP contribution in [0.25, 0.3) is 5.65 Å². The van der Waals surface area contributed by atoms with E-state index in [-0.39, 0.29) is 23.1 Å². The third kappa shape index (κ3) is 2.48. The van der Waals surface area contributed by atoms with E-state index in [1.54, 1.807) is 6.92 Å². The first kappa shape index (κ1) is 13.6. The minimum absolute atomic E-state index is 0.0438. The average Bonchev–Trinajstić information content (AvgIpc) is 2.72. The van der Waals surface area contributed by atoms with Crippen LogP contribution < -0.4 is 0 Å². The Hall–Kier alpha value is -1.83. The third-order valence-electron chi connectivity index (χ3n) is 2.25. The van der Waals surface area contributed by atoms with Gasteiger partial charge in [-0.1, -0.05) is 11.6 Å². The number of nitrogens with zero attached hydrogens (tertiary/aromatic N) is 3.